The van der Waals surface area contributed by atoms with E-state index in [0.29, 0.717) is 13.0 Å². The fourth-order valence-electron chi connectivity index (χ4n) is 1.87. The molecule has 0 saturated heterocycles. The minimum Gasteiger partial charge on any atom is -0.481 e. The van der Waals surface area contributed by atoms with Gasteiger partial charge in [-0.05, 0) is 24.3 Å². The highest BCUT2D eigenvalue weighted by molar-refractivity contribution is 5.81. The quantitative estimate of drug-likeness (QED) is 0.665. The standard InChI is InChI=1S/C15H22N2O3/c1-11(9-14(18)19)10-17-15(20)13(16)8-7-12-5-3-2-4-6-12/h2-6,11,13H,7-10,16H2,1H3,(H,17,20)(H,18,19). The monoisotopic (exact) mass is 278 g/mol. The number of rotatable bonds is 8. The van der Waals surface area contributed by atoms with Crippen molar-refractivity contribution in [2.24, 2.45) is 11.7 Å². The first-order valence-electron chi connectivity index (χ1n) is 6.78. The Morgan fingerprint density at radius 3 is 2.55 bits per heavy atom. The van der Waals surface area contributed by atoms with Crippen LogP contribution in [0.5, 0.6) is 0 Å². The lowest BCUT2D eigenvalue weighted by Gasteiger charge is -2.14. The minimum absolute atomic E-state index is 0.0412. The number of carbonyl (C=O) groups excluding carboxylic acids is 1. The largest absolute Gasteiger partial charge is 0.481 e. The van der Waals surface area contributed by atoms with Gasteiger partial charge in [-0.15, -0.1) is 0 Å². The number of carbonyl (C=O) groups is 2. The first-order chi connectivity index (χ1) is 9.49. The van der Waals surface area contributed by atoms with Gasteiger partial charge in [-0.1, -0.05) is 37.3 Å². The maximum absolute atomic E-state index is 11.8. The van der Waals surface area contributed by atoms with Gasteiger partial charge in [-0.3, -0.25) is 9.59 Å². The number of benzene rings is 1. The molecule has 20 heavy (non-hydrogen) atoms. The Balaban J connectivity index is 2.27. The first kappa shape index (κ1) is 16.2. The van der Waals surface area contributed by atoms with Gasteiger partial charge in [0.15, 0.2) is 0 Å². The van der Waals surface area contributed by atoms with E-state index < -0.39 is 12.0 Å². The zero-order valence-corrected chi connectivity index (χ0v) is 11.7. The van der Waals surface area contributed by atoms with Crippen molar-refractivity contribution < 1.29 is 14.7 Å². The predicted octanol–water partition coefficient (Wildman–Crippen LogP) is 1.17. The van der Waals surface area contributed by atoms with Crippen molar-refractivity contribution in [1.82, 2.24) is 5.32 Å². The van der Waals surface area contributed by atoms with Crippen molar-refractivity contribution in [1.29, 1.82) is 0 Å². The Kier molecular flexibility index (Phi) is 6.73. The molecule has 0 saturated carbocycles. The molecule has 1 amide bonds. The van der Waals surface area contributed by atoms with Crippen LogP contribution in [-0.4, -0.2) is 29.6 Å². The fraction of sp³-hybridized carbons (Fsp3) is 0.467. The summed E-state index contributed by atoms with van der Waals surface area (Å²) < 4.78 is 0. The molecule has 0 aliphatic heterocycles. The molecule has 2 atom stereocenters. The summed E-state index contributed by atoms with van der Waals surface area (Å²) in [4.78, 5) is 22.3. The average Bonchev–Trinajstić information content (AvgIpc) is 2.42. The zero-order valence-electron chi connectivity index (χ0n) is 11.7. The lowest BCUT2D eigenvalue weighted by atomic mass is 10.0. The van der Waals surface area contributed by atoms with Crippen LogP contribution in [-0.2, 0) is 16.0 Å². The number of carboxylic acid groups (broad SMARTS) is 1. The van der Waals surface area contributed by atoms with Crippen LogP contribution in [0.1, 0.15) is 25.3 Å². The summed E-state index contributed by atoms with van der Waals surface area (Å²) >= 11 is 0. The van der Waals surface area contributed by atoms with E-state index in [0.717, 1.165) is 12.0 Å². The number of nitrogens with one attached hydrogen (secondary N) is 1. The van der Waals surface area contributed by atoms with Gasteiger partial charge in [-0.25, -0.2) is 0 Å². The lowest BCUT2D eigenvalue weighted by Crippen LogP contribution is -2.42. The summed E-state index contributed by atoms with van der Waals surface area (Å²) in [5.74, 6) is -1.18. The number of nitrogens with two attached hydrogens (primary N) is 1. The third-order valence-electron chi connectivity index (χ3n) is 3.07. The van der Waals surface area contributed by atoms with Gasteiger partial charge in [-0.2, -0.15) is 0 Å². The maximum Gasteiger partial charge on any atom is 0.303 e. The van der Waals surface area contributed by atoms with Gasteiger partial charge < -0.3 is 16.2 Å². The molecule has 0 heterocycles. The highest BCUT2D eigenvalue weighted by Crippen LogP contribution is 2.04. The van der Waals surface area contributed by atoms with E-state index in [1.54, 1.807) is 6.92 Å². The molecule has 1 aromatic rings. The van der Waals surface area contributed by atoms with Crippen molar-refractivity contribution in [2.75, 3.05) is 6.54 Å². The Bertz CT molecular complexity index is 434. The second kappa shape index (κ2) is 8.32. The third kappa shape index (κ3) is 6.33. The Hall–Kier alpha value is -1.88. The van der Waals surface area contributed by atoms with E-state index in [2.05, 4.69) is 5.32 Å². The summed E-state index contributed by atoms with van der Waals surface area (Å²) in [6.07, 6.45) is 1.36. The highest BCUT2D eigenvalue weighted by Gasteiger charge is 2.15. The van der Waals surface area contributed by atoms with Crippen molar-refractivity contribution >= 4 is 11.9 Å². The molecule has 2 unspecified atom stereocenters. The van der Waals surface area contributed by atoms with E-state index in [-0.39, 0.29) is 18.2 Å². The zero-order chi connectivity index (χ0) is 15.0. The third-order valence-corrected chi connectivity index (χ3v) is 3.07. The Labute approximate surface area is 119 Å². The van der Waals surface area contributed by atoms with Crippen LogP contribution >= 0.6 is 0 Å². The number of hydrogen-bond donors (Lipinski definition) is 3. The van der Waals surface area contributed by atoms with E-state index in [1.165, 1.54) is 0 Å². The summed E-state index contributed by atoms with van der Waals surface area (Å²) in [6, 6.07) is 9.29. The molecular formula is C15H22N2O3. The number of aliphatic carboxylic acids is 1. The topological polar surface area (TPSA) is 92.4 Å². The van der Waals surface area contributed by atoms with Crippen molar-refractivity contribution in [3.63, 3.8) is 0 Å². The van der Waals surface area contributed by atoms with Crippen LogP contribution in [0.2, 0.25) is 0 Å². The Morgan fingerprint density at radius 2 is 1.95 bits per heavy atom. The van der Waals surface area contributed by atoms with Crippen LogP contribution in [0, 0.1) is 5.92 Å². The first-order valence-corrected chi connectivity index (χ1v) is 6.78. The molecule has 0 fully saturated rings. The van der Waals surface area contributed by atoms with Gasteiger partial charge in [0.1, 0.15) is 0 Å². The van der Waals surface area contributed by atoms with Crippen LogP contribution < -0.4 is 11.1 Å². The molecule has 0 aliphatic rings. The summed E-state index contributed by atoms with van der Waals surface area (Å²) in [5.41, 5.74) is 6.97. The number of hydrogen-bond acceptors (Lipinski definition) is 3. The average molecular weight is 278 g/mol. The molecule has 5 nitrogen and oxygen atoms in total. The van der Waals surface area contributed by atoms with Crippen LogP contribution in [0.25, 0.3) is 0 Å². The van der Waals surface area contributed by atoms with E-state index >= 15 is 0 Å². The number of aryl methyl sites for hydroxylation is 1. The molecule has 0 aromatic heterocycles. The molecule has 0 radical (unpaired) electrons. The molecule has 4 N–H and O–H groups in total. The van der Waals surface area contributed by atoms with Gasteiger partial charge in [0, 0.05) is 13.0 Å². The van der Waals surface area contributed by atoms with Gasteiger partial charge in [0.2, 0.25) is 5.91 Å². The highest BCUT2D eigenvalue weighted by atomic mass is 16.4. The molecule has 0 aliphatic carbocycles. The number of carboxylic acids is 1. The van der Waals surface area contributed by atoms with E-state index in [4.69, 9.17) is 10.8 Å². The van der Waals surface area contributed by atoms with Crippen molar-refractivity contribution in [3.8, 4) is 0 Å². The van der Waals surface area contributed by atoms with Crippen LogP contribution in [0.4, 0.5) is 0 Å². The van der Waals surface area contributed by atoms with Gasteiger partial charge >= 0.3 is 5.97 Å². The Morgan fingerprint density at radius 1 is 1.30 bits per heavy atom. The summed E-state index contributed by atoms with van der Waals surface area (Å²) in [7, 11) is 0. The molecule has 0 spiro atoms. The lowest BCUT2D eigenvalue weighted by molar-refractivity contribution is -0.138. The second-order valence-corrected chi connectivity index (χ2v) is 5.08. The molecule has 110 valence electrons. The maximum atomic E-state index is 11.8. The van der Waals surface area contributed by atoms with Crippen molar-refractivity contribution in [2.45, 2.75) is 32.2 Å². The normalized spacial score (nSPS) is 13.5. The van der Waals surface area contributed by atoms with E-state index in [9.17, 15) is 9.59 Å². The molecular weight excluding hydrogens is 256 g/mol. The molecule has 0 bridgehead atoms. The fourth-order valence-corrected chi connectivity index (χ4v) is 1.87. The number of amides is 1. The minimum atomic E-state index is -0.861. The molecule has 1 aromatic carbocycles. The smallest absolute Gasteiger partial charge is 0.303 e. The predicted molar refractivity (Wildman–Crippen MR) is 77.2 cm³/mol. The van der Waals surface area contributed by atoms with Gasteiger partial charge in [0.25, 0.3) is 0 Å². The second-order valence-electron chi connectivity index (χ2n) is 5.08. The molecule has 5 heteroatoms. The summed E-state index contributed by atoms with van der Waals surface area (Å²) in [5, 5.41) is 11.3. The van der Waals surface area contributed by atoms with E-state index in [1.807, 2.05) is 30.3 Å². The van der Waals surface area contributed by atoms with Gasteiger partial charge in [0.05, 0.1) is 6.04 Å². The summed E-state index contributed by atoms with van der Waals surface area (Å²) in [6.45, 7) is 2.12. The van der Waals surface area contributed by atoms with Crippen LogP contribution in [0.15, 0.2) is 30.3 Å². The van der Waals surface area contributed by atoms with Crippen LogP contribution in [0.3, 0.4) is 0 Å². The SMILES string of the molecule is CC(CNC(=O)C(N)CCc1ccccc1)CC(=O)O. The van der Waals surface area contributed by atoms with Crippen molar-refractivity contribution in [3.05, 3.63) is 35.9 Å². The molecule has 1 rings (SSSR count).